The molecule has 0 radical (unpaired) electrons. The van der Waals surface area contributed by atoms with Gasteiger partial charge in [-0.15, -0.1) is 24.0 Å². The normalized spacial score (nSPS) is 11.0. The molecule has 0 amide bonds. The minimum absolute atomic E-state index is 0. The molecule has 1 aromatic carbocycles. The molecule has 1 heterocycles. The second-order valence-electron chi connectivity index (χ2n) is 5.87. The van der Waals surface area contributed by atoms with Crippen LogP contribution in [0.1, 0.15) is 29.3 Å². The Bertz CT molecular complexity index is 699. The van der Waals surface area contributed by atoms with E-state index in [1.165, 1.54) is 0 Å². The van der Waals surface area contributed by atoms with Crippen LogP contribution in [0.3, 0.4) is 0 Å². The number of hydrogen-bond donors (Lipinski definition) is 2. The Kier molecular flexibility index (Phi) is 10.8. The number of aliphatic imine (C=N–C) groups is 1. The molecule has 0 spiro atoms. The molecule has 0 aliphatic carbocycles. The zero-order chi connectivity index (χ0) is 18.8. The molecule has 0 atom stereocenters. The van der Waals surface area contributed by atoms with Crippen molar-refractivity contribution in [2.24, 2.45) is 4.99 Å². The molecule has 0 unspecified atom stereocenters. The lowest BCUT2D eigenvalue weighted by atomic mass is 10.2. The van der Waals surface area contributed by atoms with Gasteiger partial charge in [-0.05, 0) is 31.5 Å². The van der Waals surface area contributed by atoms with Crippen LogP contribution in [0.25, 0.3) is 0 Å². The van der Waals surface area contributed by atoms with Gasteiger partial charge in [-0.25, -0.2) is 4.98 Å². The summed E-state index contributed by atoms with van der Waals surface area (Å²) in [4.78, 5) is 8.57. The van der Waals surface area contributed by atoms with Crippen molar-refractivity contribution in [3.63, 3.8) is 0 Å². The van der Waals surface area contributed by atoms with Crippen LogP contribution in [0.15, 0.2) is 33.7 Å². The lowest BCUT2D eigenvalue weighted by Gasteiger charge is -2.12. The number of aryl methyl sites for hydroxylation is 2. The summed E-state index contributed by atoms with van der Waals surface area (Å²) in [7, 11) is 3.42. The molecule has 8 heteroatoms. The van der Waals surface area contributed by atoms with Crippen molar-refractivity contribution in [1.82, 2.24) is 15.6 Å². The third-order valence-electron chi connectivity index (χ3n) is 3.82. The molecule has 0 aliphatic rings. The first-order valence-electron chi connectivity index (χ1n) is 8.70. The number of ether oxygens (including phenoxy) is 2. The number of aromatic nitrogens is 1. The van der Waals surface area contributed by atoms with Gasteiger partial charge in [-0.1, -0.05) is 12.1 Å². The van der Waals surface area contributed by atoms with E-state index in [2.05, 4.69) is 20.6 Å². The van der Waals surface area contributed by atoms with Crippen LogP contribution in [0, 0.1) is 13.8 Å². The molecule has 0 fully saturated rings. The average molecular weight is 488 g/mol. The number of halogens is 1. The van der Waals surface area contributed by atoms with Crippen molar-refractivity contribution in [2.45, 2.75) is 33.4 Å². The molecular formula is C19H29IN4O3. The second kappa shape index (κ2) is 12.6. The fourth-order valence-corrected chi connectivity index (χ4v) is 2.32. The predicted octanol–water partition coefficient (Wildman–Crippen LogP) is 3.19. The summed E-state index contributed by atoms with van der Waals surface area (Å²) in [6.07, 6.45) is 0.870. The summed E-state index contributed by atoms with van der Waals surface area (Å²) < 4.78 is 16.3. The number of nitrogens with one attached hydrogen (secondary N) is 2. The Labute approximate surface area is 178 Å². The van der Waals surface area contributed by atoms with Crippen LogP contribution in [-0.2, 0) is 17.8 Å². The molecular weight excluding hydrogens is 459 g/mol. The van der Waals surface area contributed by atoms with E-state index in [0.717, 1.165) is 29.2 Å². The molecule has 2 rings (SSSR count). The van der Waals surface area contributed by atoms with Gasteiger partial charge in [0.2, 0.25) is 5.89 Å². The number of hydrogen-bond acceptors (Lipinski definition) is 5. The quantitative estimate of drug-likeness (QED) is 0.244. The van der Waals surface area contributed by atoms with Crippen molar-refractivity contribution in [3.8, 4) is 5.75 Å². The number of methoxy groups -OCH3 is 1. The van der Waals surface area contributed by atoms with Gasteiger partial charge in [-0.3, -0.25) is 4.99 Å². The largest absolute Gasteiger partial charge is 0.493 e. The maximum atomic E-state index is 5.73. The highest BCUT2D eigenvalue weighted by atomic mass is 127. The molecule has 7 nitrogen and oxygen atoms in total. The van der Waals surface area contributed by atoms with Crippen LogP contribution < -0.4 is 15.4 Å². The average Bonchev–Trinajstić information content (AvgIpc) is 2.97. The standard InChI is InChI=1S/C19H28N4O3.HI/c1-14-15(2)26-18(23-14)13-22-19(20-3)21-12-16-7-5-8-17(11-16)25-10-6-9-24-4;/h5,7-8,11H,6,9-10,12-13H2,1-4H3,(H2,20,21,22);1H. The SMILES string of the molecule is CN=C(NCc1cccc(OCCCOC)c1)NCc1nc(C)c(C)o1.I. The summed E-state index contributed by atoms with van der Waals surface area (Å²) in [5.74, 6) is 3.03. The number of oxazole rings is 1. The maximum Gasteiger partial charge on any atom is 0.214 e. The van der Waals surface area contributed by atoms with Crippen LogP contribution in [-0.4, -0.2) is 38.3 Å². The van der Waals surface area contributed by atoms with E-state index in [1.54, 1.807) is 14.2 Å². The zero-order valence-electron chi connectivity index (χ0n) is 16.4. The van der Waals surface area contributed by atoms with Gasteiger partial charge in [0.25, 0.3) is 0 Å². The summed E-state index contributed by atoms with van der Waals surface area (Å²) in [6.45, 7) is 6.30. The molecule has 0 saturated heterocycles. The monoisotopic (exact) mass is 488 g/mol. The highest BCUT2D eigenvalue weighted by Crippen LogP contribution is 2.13. The van der Waals surface area contributed by atoms with E-state index in [0.29, 0.717) is 38.2 Å². The zero-order valence-corrected chi connectivity index (χ0v) is 18.7. The Morgan fingerprint density at radius 2 is 1.96 bits per heavy atom. The number of guanidine groups is 1. The molecule has 0 aliphatic heterocycles. The van der Waals surface area contributed by atoms with Gasteiger partial charge in [0.05, 0.1) is 18.8 Å². The summed E-state index contributed by atoms with van der Waals surface area (Å²) in [5, 5.41) is 6.47. The fraction of sp³-hybridized carbons (Fsp3) is 0.474. The van der Waals surface area contributed by atoms with E-state index in [-0.39, 0.29) is 24.0 Å². The van der Waals surface area contributed by atoms with Gasteiger partial charge >= 0.3 is 0 Å². The molecule has 150 valence electrons. The third kappa shape index (κ3) is 8.17. The van der Waals surface area contributed by atoms with E-state index in [4.69, 9.17) is 13.9 Å². The maximum absolute atomic E-state index is 5.73. The molecule has 0 bridgehead atoms. The van der Waals surface area contributed by atoms with Crippen molar-refractivity contribution < 1.29 is 13.9 Å². The van der Waals surface area contributed by atoms with Gasteiger partial charge in [0, 0.05) is 33.7 Å². The minimum Gasteiger partial charge on any atom is -0.493 e. The number of nitrogens with zero attached hydrogens (tertiary/aromatic N) is 2. The van der Waals surface area contributed by atoms with Crippen LogP contribution in [0.4, 0.5) is 0 Å². The first-order chi connectivity index (χ1) is 12.6. The van der Waals surface area contributed by atoms with Crippen LogP contribution >= 0.6 is 24.0 Å². The van der Waals surface area contributed by atoms with Crippen LogP contribution in [0.5, 0.6) is 5.75 Å². The Morgan fingerprint density at radius 3 is 2.63 bits per heavy atom. The van der Waals surface area contributed by atoms with E-state index < -0.39 is 0 Å². The first kappa shape index (κ1) is 23.2. The molecule has 0 saturated carbocycles. The minimum atomic E-state index is 0. The first-order valence-corrected chi connectivity index (χ1v) is 8.70. The predicted molar refractivity (Wildman–Crippen MR) is 117 cm³/mol. The highest BCUT2D eigenvalue weighted by molar-refractivity contribution is 14.0. The number of benzene rings is 1. The third-order valence-corrected chi connectivity index (χ3v) is 3.82. The Hall–Kier alpha value is -1.81. The molecule has 27 heavy (non-hydrogen) atoms. The van der Waals surface area contributed by atoms with Crippen molar-refractivity contribution in [3.05, 3.63) is 47.2 Å². The van der Waals surface area contributed by atoms with E-state index in [1.807, 2.05) is 38.1 Å². The van der Waals surface area contributed by atoms with Gasteiger partial charge < -0.3 is 24.5 Å². The molecule has 1 aromatic heterocycles. The highest BCUT2D eigenvalue weighted by Gasteiger charge is 2.06. The lowest BCUT2D eigenvalue weighted by Crippen LogP contribution is -2.36. The Balaban J connectivity index is 0.00000364. The van der Waals surface area contributed by atoms with E-state index >= 15 is 0 Å². The summed E-state index contributed by atoms with van der Waals surface area (Å²) in [6, 6.07) is 8.00. The summed E-state index contributed by atoms with van der Waals surface area (Å²) in [5.41, 5.74) is 2.02. The lowest BCUT2D eigenvalue weighted by molar-refractivity contribution is 0.172. The fourth-order valence-electron chi connectivity index (χ4n) is 2.32. The topological polar surface area (TPSA) is 80.9 Å². The van der Waals surface area contributed by atoms with Crippen LogP contribution in [0.2, 0.25) is 0 Å². The number of rotatable bonds is 9. The van der Waals surface area contributed by atoms with Gasteiger partial charge in [-0.2, -0.15) is 0 Å². The van der Waals surface area contributed by atoms with E-state index in [9.17, 15) is 0 Å². The summed E-state index contributed by atoms with van der Waals surface area (Å²) >= 11 is 0. The second-order valence-corrected chi connectivity index (χ2v) is 5.87. The van der Waals surface area contributed by atoms with Gasteiger partial charge in [0.15, 0.2) is 5.96 Å². The van der Waals surface area contributed by atoms with Gasteiger partial charge in [0.1, 0.15) is 11.5 Å². The molecule has 2 N–H and O–H groups in total. The van der Waals surface area contributed by atoms with Crippen molar-refractivity contribution in [1.29, 1.82) is 0 Å². The Morgan fingerprint density at radius 1 is 1.19 bits per heavy atom. The van der Waals surface area contributed by atoms with Crippen molar-refractivity contribution in [2.75, 3.05) is 27.4 Å². The van der Waals surface area contributed by atoms with Crippen molar-refractivity contribution >= 4 is 29.9 Å². The molecule has 2 aromatic rings. The smallest absolute Gasteiger partial charge is 0.214 e.